The molecule has 1 unspecified atom stereocenters. The van der Waals surface area contributed by atoms with Crippen LogP contribution in [-0.4, -0.2) is 35.6 Å². The summed E-state index contributed by atoms with van der Waals surface area (Å²) < 4.78 is 4.91. The van der Waals surface area contributed by atoms with Crippen molar-refractivity contribution < 1.29 is 14.9 Å². The molecule has 0 amide bonds. The van der Waals surface area contributed by atoms with Crippen molar-refractivity contribution in [3.63, 3.8) is 0 Å². The summed E-state index contributed by atoms with van der Waals surface area (Å²) in [5.41, 5.74) is 0. The summed E-state index contributed by atoms with van der Waals surface area (Å²) in [5.74, 6) is 0. The van der Waals surface area contributed by atoms with E-state index < -0.39 is 0 Å². The Hall–Kier alpha value is -0.120. The summed E-state index contributed by atoms with van der Waals surface area (Å²) in [6.07, 6.45) is 0.105. The lowest BCUT2D eigenvalue weighted by atomic mass is 10.2. The molecule has 1 saturated heterocycles. The van der Waals surface area contributed by atoms with Gasteiger partial charge in [0.2, 0.25) is 0 Å². The van der Waals surface area contributed by atoms with E-state index in [2.05, 4.69) is 0 Å². The second kappa shape index (κ2) is 5.65. The van der Waals surface area contributed by atoms with Crippen LogP contribution in [0.3, 0.4) is 0 Å². The lowest BCUT2D eigenvalue weighted by Gasteiger charge is -2.00. The van der Waals surface area contributed by atoms with Gasteiger partial charge in [-0.2, -0.15) is 0 Å². The smallest absolute Gasteiger partial charge is 0.0832 e. The van der Waals surface area contributed by atoms with Crippen molar-refractivity contribution in [2.45, 2.75) is 32.5 Å². The van der Waals surface area contributed by atoms with E-state index in [1.54, 1.807) is 0 Å². The molecule has 3 heteroatoms. The molecule has 1 heterocycles. The molecule has 10 heavy (non-hydrogen) atoms. The molecular weight excluding hydrogens is 132 g/mol. The molecule has 0 saturated carbocycles. The van der Waals surface area contributed by atoms with Crippen LogP contribution < -0.4 is 0 Å². The number of aliphatic hydroxyl groups excluding tert-OH is 2. The third-order valence-electron chi connectivity index (χ3n) is 1.26. The zero-order valence-electron chi connectivity index (χ0n) is 6.58. The molecule has 1 fully saturated rings. The summed E-state index contributed by atoms with van der Waals surface area (Å²) in [6, 6.07) is 0. The minimum atomic E-state index is -0.354. The van der Waals surface area contributed by atoms with Gasteiger partial charge >= 0.3 is 0 Å². The summed E-state index contributed by atoms with van der Waals surface area (Å²) >= 11 is 0. The molecular formula is C7H16O3. The third kappa shape index (κ3) is 3.15. The Kier molecular flexibility index (Phi) is 5.58. The van der Waals surface area contributed by atoms with Gasteiger partial charge in [-0.15, -0.1) is 0 Å². The molecule has 0 bridgehead atoms. The van der Waals surface area contributed by atoms with Gasteiger partial charge in [-0.05, 0) is 0 Å². The normalized spacial score (nSPS) is 31.2. The Balaban J connectivity index is 0.000000371. The van der Waals surface area contributed by atoms with Gasteiger partial charge in [0.1, 0.15) is 0 Å². The Bertz CT molecular complexity index is 75.3. The summed E-state index contributed by atoms with van der Waals surface area (Å²) in [6.45, 7) is 4.41. The van der Waals surface area contributed by atoms with E-state index in [1.807, 2.05) is 13.8 Å². The van der Waals surface area contributed by atoms with E-state index in [4.69, 9.17) is 14.9 Å². The number of ether oxygens (including phenoxy) is 1. The van der Waals surface area contributed by atoms with E-state index in [-0.39, 0.29) is 18.8 Å². The maximum Gasteiger partial charge on any atom is 0.0832 e. The van der Waals surface area contributed by atoms with E-state index >= 15 is 0 Å². The van der Waals surface area contributed by atoms with Crippen molar-refractivity contribution >= 4 is 0 Å². The molecule has 0 aromatic rings. The topological polar surface area (TPSA) is 49.7 Å². The van der Waals surface area contributed by atoms with Gasteiger partial charge in [0, 0.05) is 6.42 Å². The van der Waals surface area contributed by atoms with E-state index in [9.17, 15) is 0 Å². The predicted molar refractivity (Wildman–Crippen MR) is 38.8 cm³/mol. The fourth-order valence-electron chi connectivity index (χ4n) is 0.814. The van der Waals surface area contributed by atoms with Gasteiger partial charge in [0.15, 0.2) is 0 Å². The van der Waals surface area contributed by atoms with Crippen molar-refractivity contribution in [1.29, 1.82) is 0 Å². The summed E-state index contributed by atoms with van der Waals surface area (Å²) in [5, 5.41) is 17.2. The maximum atomic E-state index is 8.79. The number of hydrogen-bond donors (Lipinski definition) is 2. The summed E-state index contributed by atoms with van der Waals surface area (Å²) in [7, 11) is 0. The summed E-state index contributed by atoms with van der Waals surface area (Å²) in [4.78, 5) is 0. The molecule has 0 aromatic heterocycles. The van der Waals surface area contributed by atoms with Crippen LogP contribution in [0.5, 0.6) is 0 Å². The minimum Gasteiger partial charge on any atom is -0.394 e. The van der Waals surface area contributed by atoms with E-state index in [0.29, 0.717) is 13.0 Å². The Morgan fingerprint density at radius 2 is 2.10 bits per heavy atom. The van der Waals surface area contributed by atoms with Crippen LogP contribution in [0.2, 0.25) is 0 Å². The molecule has 0 aromatic carbocycles. The van der Waals surface area contributed by atoms with Gasteiger partial charge in [-0.25, -0.2) is 0 Å². The standard InChI is InChI=1S/C5H10O3.C2H6/c6-2-5-1-4(7)3-8-5;1-2/h4-7H,1-3H2;1-2H3/t4?,5-;/m1./s1. The number of hydrogen-bond acceptors (Lipinski definition) is 3. The highest BCUT2D eigenvalue weighted by atomic mass is 16.5. The second-order valence-electron chi connectivity index (χ2n) is 2.03. The van der Waals surface area contributed by atoms with Crippen LogP contribution in [0.4, 0.5) is 0 Å². The molecule has 2 atom stereocenters. The highest BCUT2D eigenvalue weighted by Crippen LogP contribution is 2.11. The number of aliphatic hydroxyl groups is 2. The molecule has 62 valence electrons. The van der Waals surface area contributed by atoms with Crippen LogP contribution in [0, 0.1) is 0 Å². The Morgan fingerprint density at radius 3 is 2.30 bits per heavy atom. The van der Waals surface area contributed by atoms with Crippen molar-refractivity contribution in [3.05, 3.63) is 0 Å². The van der Waals surface area contributed by atoms with Gasteiger partial charge in [-0.1, -0.05) is 13.8 Å². The molecule has 0 aliphatic carbocycles. The maximum absolute atomic E-state index is 8.79. The molecule has 0 spiro atoms. The molecule has 1 rings (SSSR count). The molecule has 1 aliphatic rings. The minimum absolute atomic E-state index is 0.0249. The first-order chi connectivity index (χ1) is 4.83. The molecule has 3 nitrogen and oxygen atoms in total. The largest absolute Gasteiger partial charge is 0.394 e. The van der Waals surface area contributed by atoms with E-state index in [0.717, 1.165) is 0 Å². The first kappa shape index (κ1) is 9.88. The average Bonchev–Trinajstić information content (AvgIpc) is 2.40. The third-order valence-corrected chi connectivity index (χ3v) is 1.26. The molecule has 0 radical (unpaired) electrons. The van der Waals surface area contributed by atoms with Gasteiger partial charge in [0.05, 0.1) is 25.4 Å². The highest BCUT2D eigenvalue weighted by Gasteiger charge is 2.21. The van der Waals surface area contributed by atoms with Crippen molar-refractivity contribution in [3.8, 4) is 0 Å². The van der Waals surface area contributed by atoms with Crippen molar-refractivity contribution in [2.24, 2.45) is 0 Å². The van der Waals surface area contributed by atoms with Crippen molar-refractivity contribution in [1.82, 2.24) is 0 Å². The average molecular weight is 148 g/mol. The fourth-order valence-corrected chi connectivity index (χ4v) is 0.814. The lowest BCUT2D eigenvalue weighted by Crippen LogP contribution is -2.10. The predicted octanol–water partition coefficient (Wildman–Crippen LogP) is 0.155. The van der Waals surface area contributed by atoms with Gasteiger partial charge in [-0.3, -0.25) is 0 Å². The quantitative estimate of drug-likeness (QED) is 0.556. The van der Waals surface area contributed by atoms with E-state index in [1.165, 1.54) is 0 Å². The number of rotatable bonds is 1. The van der Waals surface area contributed by atoms with Crippen LogP contribution in [0.1, 0.15) is 20.3 Å². The Morgan fingerprint density at radius 1 is 1.50 bits per heavy atom. The second-order valence-corrected chi connectivity index (χ2v) is 2.03. The van der Waals surface area contributed by atoms with Crippen LogP contribution in [0.15, 0.2) is 0 Å². The zero-order valence-corrected chi connectivity index (χ0v) is 6.58. The Labute approximate surface area is 61.6 Å². The van der Waals surface area contributed by atoms with Crippen LogP contribution >= 0.6 is 0 Å². The first-order valence-corrected chi connectivity index (χ1v) is 3.73. The monoisotopic (exact) mass is 148 g/mol. The molecule has 1 aliphatic heterocycles. The van der Waals surface area contributed by atoms with Crippen LogP contribution in [0.25, 0.3) is 0 Å². The SMILES string of the molecule is CC.OC[C@H]1CC(O)CO1. The van der Waals surface area contributed by atoms with Crippen LogP contribution in [-0.2, 0) is 4.74 Å². The fraction of sp³-hybridized carbons (Fsp3) is 1.00. The first-order valence-electron chi connectivity index (χ1n) is 3.73. The van der Waals surface area contributed by atoms with Gasteiger partial charge < -0.3 is 14.9 Å². The molecule has 2 N–H and O–H groups in total. The highest BCUT2D eigenvalue weighted by molar-refractivity contribution is 4.70. The van der Waals surface area contributed by atoms with Gasteiger partial charge in [0.25, 0.3) is 0 Å². The lowest BCUT2D eigenvalue weighted by molar-refractivity contribution is 0.0516. The van der Waals surface area contributed by atoms with Crippen molar-refractivity contribution in [2.75, 3.05) is 13.2 Å². The zero-order chi connectivity index (χ0) is 7.98.